The lowest BCUT2D eigenvalue weighted by Crippen LogP contribution is -2.25. The Bertz CT molecular complexity index is 304. The lowest BCUT2D eigenvalue weighted by Gasteiger charge is -2.14. The van der Waals surface area contributed by atoms with Gasteiger partial charge in [0, 0.05) is 12.5 Å². The molecule has 1 atom stereocenters. The van der Waals surface area contributed by atoms with Crippen molar-refractivity contribution < 1.29 is 4.74 Å². The van der Waals surface area contributed by atoms with E-state index in [1.165, 1.54) is 9.99 Å². The minimum absolute atomic E-state index is 0.544. The fourth-order valence-corrected chi connectivity index (χ4v) is 1.92. The second-order valence-electron chi connectivity index (χ2n) is 4.05. The molecule has 0 fully saturated rings. The van der Waals surface area contributed by atoms with Crippen LogP contribution in [0.15, 0.2) is 24.3 Å². The summed E-state index contributed by atoms with van der Waals surface area (Å²) in [5.74, 6) is 1.54. The molecule has 1 rings (SSSR count). The Morgan fingerprint density at radius 1 is 1.38 bits per heavy atom. The van der Waals surface area contributed by atoms with Gasteiger partial charge in [0.25, 0.3) is 0 Å². The van der Waals surface area contributed by atoms with Crippen molar-refractivity contribution in [1.29, 1.82) is 0 Å². The first-order valence-electron chi connectivity index (χ1n) is 5.82. The maximum atomic E-state index is 5.78. The van der Waals surface area contributed by atoms with E-state index < -0.39 is 0 Å². The van der Waals surface area contributed by atoms with E-state index >= 15 is 0 Å². The van der Waals surface area contributed by atoms with Crippen LogP contribution in [0.25, 0.3) is 0 Å². The van der Waals surface area contributed by atoms with Crippen LogP contribution in [0.1, 0.15) is 20.3 Å². The first-order chi connectivity index (χ1) is 7.74. The molecule has 0 radical (unpaired) electrons. The molecule has 0 bridgehead atoms. The van der Waals surface area contributed by atoms with Crippen LogP contribution >= 0.6 is 22.6 Å². The van der Waals surface area contributed by atoms with Gasteiger partial charge in [0.2, 0.25) is 0 Å². The second-order valence-corrected chi connectivity index (χ2v) is 5.21. The quantitative estimate of drug-likeness (QED) is 0.611. The zero-order chi connectivity index (χ0) is 11.8. The summed E-state index contributed by atoms with van der Waals surface area (Å²) in [6.07, 6.45) is 1.18. The van der Waals surface area contributed by atoms with Crippen LogP contribution in [-0.4, -0.2) is 19.7 Å². The lowest BCUT2D eigenvalue weighted by atomic mass is 10.2. The Morgan fingerprint density at radius 2 is 2.12 bits per heavy atom. The Balaban J connectivity index is 2.26. The highest BCUT2D eigenvalue weighted by Crippen LogP contribution is 2.20. The molecular weight excluding hydrogens is 313 g/mol. The highest BCUT2D eigenvalue weighted by molar-refractivity contribution is 14.1. The van der Waals surface area contributed by atoms with Crippen LogP contribution in [0.2, 0.25) is 0 Å². The Labute approximate surface area is 112 Å². The minimum Gasteiger partial charge on any atom is -0.492 e. The summed E-state index contributed by atoms with van der Waals surface area (Å²) in [5, 5.41) is 3.40. The molecule has 0 heterocycles. The van der Waals surface area contributed by atoms with Crippen molar-refractivity contribution in [1.82, 2.24) is 5.32 Å². The van der Waals surface area contributed by atoms with Crippen LogP contribution < -0.4 is 10.1 Å². The molecule has 0 aromatic heterocycles. The van der Waals surface area contributed by atoms with E-state index in [4.69, 9.17) is 4.74 Å². The molecule has 1 aromatic rings. The van der Waals surface area contributed by atoms with Crippen LogP contribution in [0.4, 0.5) is 0 Å². The normalized spacial score (nSPS) is 12.4. The molecule has 0 saturated heterocycles. The van der Waals surface area contributed by atoms with Gasteiger partial charge in [0.15, 0.2) is 0 Å². The monoisotopic (exact) mass is 333 g/mol. The zero-order valence-corrected chi connectivity index (χ0v) is 12.2. The largest absolute Gasteiger partial charge is 0.492 e. The summed E-state index contributed by atoms with van der Waals surface area (Å²) in [5.41, 5.74) is 0. The maximum Gasteiger partial charge on any atom is 0.132 e. The van der Waals surface area contributed by atoms with E-state index in [9.17, 15) is 0 Å². The number of hydrogen-bond acceptors (Lipinski definition) is 2. The first-order valence-corrected chi connectivity index (χ1v) is 6.90. The van der Waals surface area contributed by atoms with Crippen molar-refractivity contribution in [3.8, 4) is 5.75 Å². The second kappa shape index (κ2) is 7.90. The summed E-state index contributed by atoms with van der Waals surface area (Å²) < 4.78 is 6.96. The van der Waals surface area contributed by atoms with Crippen molar-refractivity contribution in [3.63, 3.8) is 0 Å². The molecule has 0 aliphatic rings. The minimum atomic E-state index is 0.544. The molecule has 3 heteroatoms. The summed E-state index contributed by atoms with van der Waals surface area (Å²) in [7, 11) is 0. The molecule has 0 aliphatic heterocycles. The average Bonchev–Trinajstić information content (AvgIpc) is 2.28. The van der Waals surface area contributed by atoms with Crippen molar-refractivity contribution >= 4 is 22.6 Å². The highest BCUT2D eigenvalue weighted by atomic mass is 127. The topological polar surface area (TPSA) is 21.3 Å². The molecule has 90 valence electrons. The van der Waals surface area contributed by atoms with Crippen LogP contribution in [0, 0.1) is 9.49 Å². The Morgan fingerprint density at radius 3 is 2.81 bits per heavy atom. The predicted molar refractivity (Wildman–Crippen MR) is 77.0 cm³/mol. The molecule has 0 aliphatic carbocycles. The van der Waals surface area contributed by atoms with E-state index in [1.54, 1.807) is 0 Å². The third kappa shape index (κ3) is 5.16. The third-order valence-electron chi connectivity index (χ3n) is 2.28. The first kappa shape index (κ1) is 13.8. The SMILES string of the molecule is CCCNCC(C)COc1ccccc1I. The van der Waals surface area contributed by atoms with Gasteiger partial charge in [0.1, 0.15) is 5.75 Å². The lowest BCUT2D eigenvalue weighted by molar-refractivity contribution is 0.254. The van der Waals surface area contributed by atoms with Crippen molar-refractivity contribution in [3.05, 3.63) is 27.8 Å². The Kier molecular flexibility index (Phi) is 6.80. The van der Waals surface area contributed by atoms with E-state index in [0.29, 0.717) is 5.92 Å². The summed E-state index contributed by atoms with van der Waals surface area (Å²) >= 11 is 2.30. The number of nitrogens with one attached hydrogen (secondary N) is 1. The van der Waals surface area contributed by atoms with Gasteiger partial charge in [-0.25, -0.2) is 0 Å². The van der Waals surface area contributed by atoms with Crippen molar-refractivity contribution in [2.45, 2.75) is 20.3 Å². The molecule has 0 spiro atoms. The molecular formula is C13H20INO. The number of halogens is 1. The average molecular weight is 333 g/mol. The molecule has 0 amide bonds. The fraction of sp³-hybridized carbons (Fsp3) is 0.538. The van der Waals surface area contributed by atoms with Crippen molar-refractivity contribution in [2.75, 3.05) is 19.7 Å². The van der Waals surface area contributed by atoms with Gasteiger partial charge < -0.3 is 10.1 Å². The Hall–Kier alpha value is -0.290. The standard InChI is InChI=1S/C13H20INO/c1-3-8-15-9-11(2)10-16-13-7-5-4-6-12(13)14/h4-7,11,15H,3,8-10H2,1-2H3. The summed E-state index contributed by atoms with van der Waals surface area (Å²) in [6, 6.07) is 8.13. The summed E-state index contributed by atoms with van der Waals surface area (Å²) in [6.45, 7) is 7.28. The number of benzene rings is 1. The van der Waals surface area contributed by atoms with Crippen LogP contribution in [0.5, 0.6) is 5.75 Å². The molecule has 1 unspecified atom stereocenters. The van der Waals surface area contributed by atoms with Crippen LogP contribution in [0.3, 0.4) is 0 Å². The van der Waals surface area contributed by atoms with Gasteiger partial charge in [-0.2, -0.15) is 0 Å². The summed E-state index contributed by atoms with van der Waals surface area (Å²) in [4.78, 5) is 0. The molecule has 1 aromatic carbocycles. The van der Waals surface area contributed by atoms with Crippen molar-refractivity contribution in [2.24, 2.45) is 5.92 Å². The van der Waals surface area contributed by atoms with E-state index in [1.807, 2.05) is 18.2 Å². The third-order valence-corrected chi connectivity index (χ3v) is 3.17. The van der Waals surface area contributed by atoms with Crippen LogP contribution in [-0.2, 0) is 0 Å². The number of hydrogen-bond donors (Lipinski definition) is 1. The van der Waals surface area contributed by atoms with E-state index in [0.717, 1.165) is 25.4 Å². The van der Waals surface area contributed by atoms with Gasteiger partial charge >= 0.3 is 0 Å². The smallest absolute Gasteiger partial charge is 0.132 e. The van der Waals surface area contributed by atoms with E-state index in [-0.39, 0.29) is 0 Å². The van der Waals surface area contributed by atoms with Gasteiger partial charge in [-0.3, -0.25) is 0 Å². The number of para-hydroxylation sites is 1. The van der Waals surface area contributed by atoms with Gasteiger partial charge in [-0.05, 0) is 47.7 Å². The maximum absolute atomic E-state index is 5.78. The van der Waals surface area contributed by atoms with Gasteiger partial charge in [0.05, 0.1) is 10.2 Å². The molecule has 2 nitrogen and oxygen atoms in total. The number of rotatable bonds is 7. The molecule has 16 heavy (non-hydrogen) atoms. The predicted octanol–water partition coefficient (Wildman–Crippen LogP) is 3.31. The van der Waals surface area contributed by atoms with E-state index in [2.05, 4.69) is 47.8 Å². The molecule has 1 N–H and O–H groups in total. The van der Waals surface area contributed by atoms with Gasteiger partial charge in [-0.1, -0.05) is 26.0 Å². The zero-order valence-electron chi connectivity index (χ0n) is 10.0. The molecule has 0 saturated carbocycles. The number of ether oxygens (including phenoxy) is 1. The fourth-order valence-electron chi connectivity index (χ4n) is 1.38. The van der Waals surface area contributed by atoms with Gasteiger partial charge in [-0.15, -0.1) is 0 Å². The highest BCUT2D eigenvalue weighted by Gasteiger charge is 2.04.